The molecule has 5 rings (SSSR count). The van der Waals surface area contributed by atoms with Crippen LogP contribution in [0.15, 0.2) is 41.2 Å². The highest BCUT2D eigenvalue weighted by atomic mass is 32.1. The van der Waals surface area contributed by atoms with E-state index in [2.05, 4.69) is 57.3 Å². The molecule has 7 heteroatoms. The Bertz CT molecular complexity index is 1050. The molecular formula is C22H27N5OS. The first-order valence-corrected chi connectivity index (χ1v) is 11.4. The van der Waals surface area contributed by atoms with Crippen LogP contribution >= 0.6 is 11.3 Å². The topological polar surface area (TPSA) is 53.7 Å². The maximum absolute atomic E-state index is 12.3. The zero-order valence-electron chi connectivity index (χ0n) is 17.0. The van der Waals surface area contributed by atoms with Crippen molar-refractivity contribution >= 4 is 21.4 Å². The molecule has 2 aliphatic heterocycles. The van der Waals surface area contributed by atoms with Crippen LogP contribution in [0.1, 0.15) is 43.9 Å². The average Bonchev–Trinajstić information content (AvgIpc) is 3.26. The van der Waals surface area contributed by atoms with E-state index < -0.39 is 0 Å². The molecule has 6 nitrogen and oxygen atoms in total. The summed E-state index contributed by atoms with van der Waals surface area (Å²) in [5.74, 6) is 0. The van der Waals surface area contributed by atoms with Crippen LogP contribution in [0.3, 0.4) is 0 Å². The number of benzene rings is 1. The van der Waals surface area contributed by atoms with Crippen LogP contribution in [-0.2, 0) is 13.0 Å². The number of piperidine rings is 1. The number of rotatable bonds is 5. The summed E-state index contributed by atoms with van der Waals surface area (Å²) in [4.78, 5) is 22.6. The van der Waals surface area contributed by atoms with Gasteiger partial charge in [0.1, 0.15) is 0 Å². The average molecular weight is 410 g/mol. The summed E-state index contributed by atoms with van der Waals surface area (Å²) in [6.45, 7) is 3.07. The van der Waals surface area contributed by atoms with Crippen LogP contribution in [0.2, 0.25) is 0 Å². The van der Waals surface area contributed by atoms with Gasteiger partial charge in [0, 0.05) is 43.5 Å². The van der Waals surface area contributed by atoms with Gasteiger partial charge in [-0.2, -0.15) is 4.52 Å². The molecule has 0 spiro atoms. The smallest absolute Gasteiger partial charge is 0.275 e. The molecule has 2 aromatic heterocycles. The molecule has 2 fully saturated rings. The molecule has 0 N–H and O–H groups in total. The molecule has 4 heterocycles. The van der Waals surface area contributed by atoms with E-state index >= 15 is 0 Å². The largest absolute Gasteiger partial charge is 0.347 e. The molecule has 2 bridgehead atoms. The number of anilines is 1. The molecule has 152 valence electrons. The van der Waals surface area contributed by atoms with Crippen molar-refractivity contribution in [3.63, 3.8) is 0 Å². The minimum Gasteiger partial charge on any atom is -0.347 e. The molecule has 1 aromatic carbocycles. The van der Waals surface area contributed by atoms with E-state index in [0.717, 1.165) is 36.6 Å². The van der Waals surface area contributed by atoms with Crippen LogP contribution < -0.4 is 10.5 Å². The lowest BCUT2D eigenvalue weighted by Gasteiger charge is -2.42. The number of hydrogen-bond acceptors (Lipinski definition) is 6. The second kappa shape index (κ2) is 7.54. The molecule has 0 amide bonds. The van der Waals surface area contributed by atoms with E-state index in [-0.39, 0.29) is 5.56 Å². The van der Waals surface area contributed by atoms with Gasteiger partial charge in [-0.05, 0) is 37.7 Å². The summed E-state index contributed by atoms with van der Waals surface area (Å²) in [6, 6.07) is 14.1. The predicted octanol–water partition coefficient (Wildman–Crippen LogP) is 3.35. The molecule has 0 aliphatic carbocycles. The number of fused-ring (bicyclic) bond motifs is 3. The molecular weight excluding hydrogens is 382 g/mol. The third-order valence-electron chi connectivity index (χ3n) is 6.57. The summed E-state index contributed by atoms with van der Waals surface area (Å²) < 4.78 is 1.45. The van der Waals surface area contributed by atoms with E-state index in [1.807, 2.05) is 6.92 Å². The zero-order valence-corrected chi connectivity index (χ0v) is 17.8. The van der Waals surface area contributed by atoms with Crippen molar-refractivity contribution in [2.24, 2.45) is 0 Å². The molecule has 0 saturated carbocycles. The van der Waals surface area contributed by atoms with Gasteiger partial charge >= 0.3 is 0 Å². The van der Waals surface area contributed by atoms with Crippen molar-refractivity contribution in [2.75, 3.05) is 11.9 Å². The maximum Gasteiger partial charge on any atom is 0.275 e. The third-order valence-corrected chi connectivity index (χ3v) is 7.57. The Morgan fingerprint density at radius 2 is 1.90 bits per heavy atom. The Hall–Kier alpha value is -2.25. The lowest BCUT2D eigenvalue weighted by Crippen LogP contribution is -2.49. The Balaban J connectivity index is 1.34. The summed E-state index contributed by atoms with van der Waals surface area (Å²) in [5, 5.41) is 5.48. The number of aromatic nitrogens is 3. The van der Waals surface area contributed by atoms with Crippen molar-refractivity contribution in [3.05, 3.63) is 58.0 Å². The number of aryl methyl sites for hydroxylation is 1. The quantitative estimate of drug-likeness (QED) is 0.647. The summed E-state index contributed by atoms with van der Waals surface area (Å²) >= 11 is 1.52. The predicted molar refractivity (Wildman–Crippen MR) is 117 cm³/mol. The Morgan fingerprint density at radius 1 is 1.17 bits per heavy atom. The van der Waals surface area contributed by atoms with Gasteiger partial charge in [-0.25, -0.2) is 4.98 Å². The lowest BCUT2D eigenvalue weighted by atomic mass is 9.96. The Kier molecular flexibility index (Phi) is 4.87. The minimum atomic E-state index is -0.0829. The fraction of sp³-hybridized carbons (Fsp3) is 0.500. The van der Waals surface area contributed by atoms with Gasteiger partial charge in [-0.15, -0.1) is 5.10 Å². The highest BCUT2D eigenvalue weighted by Gasteiger charge is 2.42. The van der Waals surface area contributed by atoms with Gasteiger partial charge in [0.2, 0.25) is 10.1 Å². The van der Waals surface area contributed by atoms with Crippen LogP contribution in [0.4, 0.5) is 5.13 Å². The first kappa shape index (κ1) is 18.8. The Morgan fingerprint density at radius 3 is 2.59 bits per heavy atom. The maximum atomic E-state index is 12.3. The summed E-state index contributed by atoms with van der Waals surface area (Å²) in [6.07, 6.45) is 5.62. The molecule has 0 radical (unpaired) electrons. The van der Waals surface area contributed by atoms with E-state index in [9.17, 15) is 4.79 Å². The van der Waals surface area contributed by atoms with Crippen LogP contribution in [-0.4, -0.2) is 44.7 Å². The van der Waals surface area contributed by atoms with Gasteiger partial charge in [0.05, 0.1) is 0 Å². The van der Waals surface area contributed by atoms with Gasteiger partial charge in [0.25, 0.3) is 5.56 Å². The molecule has 2 saturated heterocycles. The highest BCUT2D eigenvalue weighted by molar-refractivity contribution is 7.20. The van der Waals surface area contributed by atoms with E-state index in [1.54, 1.807) is 6.07 Å². The van der Waals surface area contributed by atoms with Gasteiger partial charge < -0.3 is 4.90 Å². The second-order valence-electron chi connectivity index (χ2n) is 8.30. The van der Waals surface area contributed by atoms with Gasteiger partial charge in [0.15, 0.2) is 0 Å². The normalized spacial score (nSPS) is 24.3. The number of nitrogens with zero attached hydrogens (tertiary/aromatic N) is 5. The first-order chi connectivity index (χ1) is 14.1. The second-order valence-corrected chi connectivity index (χ2v) is 9.23. The van der Waals surface area contributed by atoms with Crippen LogP contribution in [0.25, 0.3) is 4.96 Å². The van der Waals surface area contributed by atoms with E-state index in [0.29, 0.717) is 23.1 Å². The Labute approximate surface area is 174 Å². The zero-order chi connectivity index (χ0) is 20.0. The first-order valence-electron chi connectivity index (χ1n) is 10.5. The molecule has 2 unspecified atom stereocenters. The highest BCUT2D eigenvalue weighted by Crippen LogP contribution is 2.39. The van der Waals surface area contributed by atoms with Gasteiger partial charge in [-0.1, -0.05) is 48.6 Å². The standard InChI is InChI=1S/C22H27N5OS/c1-3-16-11-20(28)27-21(23-16)29-22(24-27)25(2)19-12-17-9-10-18(13-19)26(17)14-15-7-5-4-6-8-15/h4-8,11,17-19H,3,9-10,12-14H2,1-2H3. The van der Waals surface area contributed by atoms with Crippen molar-refractivity contribution in [3.8, 4) is 0 Å². The molecule has 3 aromatic rings. The van der Waals surface area contributed by atoms with Crippen molar-refractivity contribution in [1.82, 2.24) is 19.5 Å². The molecule has 2 aliphatic rings. The minimum absolute atomic E-state index is 0.0829. The fourth-order valence-electron chi connectivity index (χ4n) is 4.94. The van der Waals surface area contributed by atoms with Crippen molar-refractivity contribution < 1.29 is 0 Å². The molecule has 29 heavy (non-hydrogen) atoms. The van der Waals surface area contributed by atoms with Crippen molar-refractivity contribution in [2.45, 2.75) is 63.7 Å². The SMILES string of the molecule is CCc1cc(=O)n2nc(N(C)C3CC4CCC(C3)N4Cc3ccccc3)sc2n1. The molecule has 2 atom stereocenters. The van der Waals surface area contributed by atoms with Crippen molar-refractivity contribution in [1.29, 1.82) is 0 Å². The number of hydrogen-bond donors (Lipinski definition) is 0. The van der Waals surface area contributed by atoms with Gasteiger partial charge in [-0.3, -0.25) is 9.69 Å². The van der Waals surface area contributed by atoms with Crippen LogP contribution in [0, 0.1) is 0 Å². The van der Waals surface area contributed by atoms with E-state index in [1.165, 1.54) is 34.3 Å². The van der Waals surface area contributed by atoms with Crippen LogP contribution in [0.5, 0.6) is 0 Å². The summed E-state index contributed by atoms with van der Waals surface area (Å²) in [7, 11) is 2.13. The monoisotopic (exact) mass is 409 g/mol. The summed E-state index contributed by atoms with van der Waals surface area (Å²) in [5.41, 5.74) is 2.15. The fourth-order valence-corrected chi connectivity index (χ4v) is 5.90. The third kappa shape index (κ3) is 3.46. The van der Waals surface area contributed by atoms with E-state index in [4.69, 9.17) is 0 Å². The lowest BCUT2D eigenvalue weighted by molar-refractivity contribution is 0.118.